The van der Waals surface area contributed by atoms with Gasteiger partial charge in [-0.1, -0.05) is 12.1 Å². The summed E-state index contributed by atoms with van der Waals surface area (Å²) in [7, 11) is 0. The van der Waals surface area contributed by atoms with Gasteiger partial charge in [-0.15, -0.1) is 0 Å². The molecule has 0 saturated carbocycles. The van der Waals surface area contributed by atoms with Gasteiger partial charge in [0.15, 0.2) is 11.5 Å². The topological polar surface area (TPSA) is 106 Å². The van der Waals surface area contributed by atoms with E-state index < -0.39 is 17.2 Å². The Morgan fingerprint density at radius 1 is 1.15 bits per heavy atom. The quantitative estimate of drug-likeness (QED) is 0.562. The number of nitrogens with zero attached hydrogens (tertiary/aromatic N) is 3. The third-order valence-corrected chi connectivity index (χ3v) is 6.18. The Kier molecular flexibility index (Phi) is 6.16. The van der Waals surface area contributed by atoms with Crippen molar-refractivity contribution in [2.24, 2.45) is 0 Å². The molecule has 4 heterocycles. The van der Waals surface area contributed by atoms with Gasteiger partial charge >= 0.3 is 0 Å². The summed E-state index contributed by atoms with van der Waals surface area (Å²) < 4.78 is 25.9. The highest BCUT2D eigenvalue weighted by atomic mass is 19.1. The fraction of sp³-hybridized carbons (Fsp3) is 0.375. The molecule has 2 aliphatic heterocycles. The number of carbonyl (C=O) groups is 1. The molecule has 0 radical (unpaired) electrons. The van der Waals surface area contributed by atoms with E-state index in [1.807, 2.05) is 0 Å². The summed E-state index contributed by atoms with van der Waals surface area (Å²) in [5.41, 5.74) is 1.14. The molecule has 2 aliphatic rings. The number of aromatic nitrogens is 2. The highest BCUT2D eigenvalue weighted by Crippen LogP contribution is 2.36. The zero-order valence-corrected chi connectivity index (χ0v) is 18.6. The van der Waals surface area contributed by atoms with Crippen LogP contribution in [-0.2, 0) is 17.7 Å². The van der Waals surface area contributed by atoms with E-state index in [-0.39, 0.29) is 30.0 Å². The molecule has 9 nitrogen and oxygen atoms in total. The van der Waals surface area contributed by atoms with E-state index in [9.17, 15) is 19.1 Å². The zero-order chi connectivity index (χ0) is 23.7. The lowest BCUT2D eigenvalue weighted by molar-refractivity contribution is 0.0383. The van der Waals surface area contributed by atoms with Gasteiger partial charge in [-0.05, 0) is 17.7 Å². The average Bonchev–Trinajstić information content (AvgIpc) is 2.85. The molecule has 2 aromatic heterocycles. The van der Waals surface area contributed by atoms with Crippen LogP contribution in [0.4, 0.5) is 4.39 Å². The first-order valence-corrected chi connectivity index (χ1v) is 11.3. The molecule has 34 heavy (non-hydrogen) atoms. The summed E-state index contributed by atoms with van der Waals surface area (Å²) in [5, 5.41) is 13.6. The molecule has 10 heteroatoms. The van der Waals surface area contributed by atoms with Crippen LogP contribution in [0.3, 0.4) is 0 Å². The summed E-state index contributed by atoms with van der Waals surface area (Å²) in [4.78, 5) is 32.6. The van der Waals surface area contributed by atoms with Gasteiger partial charge < -0.3 is 19.9 Å². The SMILES string of the molecule is O=C(NCCN1CCOCC1)c1c(O)c2ncc(Cc3ccc(F)cc3)c3c2n(c1=O)CCO3. The molecule has 1 saturated heterocycles. The Hall–Kier alpha value is -3.50. The van der Waals surface area contributed by atoms with Crippen molar-refractivity contribution in [3.63, 3.8) is 0 Å². The molecule has 1 aromatic carbocycles. The number of hydrogen-bond donors (Lipinski definition) is 2. The van der Waals surface area contributed by atoms with Crippen molar-refractivity contribution >= 4 is 16.9 Å². The second-order valence-corrected chi connectivity index (χ2v) is 8.35. The predicted octanol–water partition coefficient (Wildman–Crippen LogP) is 1.29. The lowest BCUT2D eigenvalue weighted by atomic mass is 10.0. The molecular weight excluding hydrogens is 443 g/mol. The number of amides is 1. The normalized spacial score (nSPS) is 15.8. The maximum absolute atomic E-state index is 13.3. The number of pyridine rings is 2. The van der Waals surface area contributed by atoms with Crippen molar-refractivity contribution < 1.29 is 23.8 Å². The highest BCUT2D eigenvalue weighted by molar-refractivity contribution is 6.02. The number of rotatable bonds is 6. The molecule has 0 atom stereocenters. The van der Waals surface area contributed by atoms with Crippen molar-refractivity contribution in [2.75, 3.05) is 46.0 Å². The van der Waals surface area contributed by atoms with Crippen molar-refractivity contribution in [1.82, 2.24) is 19.8 Å². The molecule has 2 N–H and O–H groups in total. The monoisotopic (exact) mass is 468 g/mol. The number of ether oxygens (including phenoxy) is 2. The number of nitrogens with one attached hydrogen (secondary N) is 1. The fourth-order valence-electron chi connectivity index (χ4n) is 4.41. The maximum Gasteiger partial charge on any atom is 0.268 e. The number of benzene rings is 1. The summed E-state index contributed by atoms with van der Waals surface area (Å²) in [6.07, 6.45) is 1.97. The maximum atomic E-state index is 13.3. The predicted molar refractivity (Wildman–Crippen MR) is 122 cm³/mol. The Morgan fingerprint density at radius 3 is 2.68 bits per heavy atom. The van der Waals surface area contributed by atoms with E-state index >= 15 is 0 Å². The largest absolute Gasteiger partial charge is 0.505 e. The first kappa shape index (κ1) is 22.3. The van der Waals surface area contributed by atoms with Crippen LogP contribution >= 0.6 is 0 Å². The first-order valence-electron chi connectivity index (χ1n) is 11.3. The van der Waals surface area contributed by atoms with Gasteiger partial charge in [0.2, 0.25) is 0 Å². The minimum absolute atomic E-state index is 0.135. The van der Waals surface area contributed by atoms with Gasteiger partial charge in [0, 0.05) is 44.4 Å². The molecule has 0 spiro atoms. The summed E-state index contributed by atoms with van der Waals surface area (Å²) in [6, 6.07) is 6.10. The van der Waals surface area contributed by atoms with Gasteiger partial charge in [-0.2, -0.15) is 0 Å². The van der Waals surface area contributed by atoms with Gasteiger partial charge in [0.1, 0.15) is 29.0 Å². The van der Waals surface area contributed by atoms with Crippen LogP contribution in [-0.4, -0.2) is 71.5 Å². The molecule has 3 aromatic rings. The number of aromatic hydroxyl groups is 1. The Labute approximate surface area is 194 Å². The van der Waals surface area contributed by atoms with E-state index in [1.54, 1.807) is 18.3 Å². The summed E-state index contributed by atoms with van der Waals surface area (Å²) in [6.45, 7) is 4.33. The third-order valence-electron chi connectivity index (χ3n) is 6.18. The highest BCUT2D eigenvalue weighted by Gasteiger charge is 2.28. The second kappa shape index (κ2) is 9.40. The number of carbonyl (C=O) groups excluding carboxylic acids is 1. The summed E-state index contributed by atoms with van der Waals surface area (Å²) >= 11 is 0. The first-order chi connectivity index (χ1) is 16.5. The van der Waals surface area contributed by atoms with Crippen molar-refractivity contribution in [2.45, 2.75) is 13.0 Å². The smallest absolute Gasteiger partial charge is 0.268 e. The standard InChI is InChI=1S/C24H25FN4O5/c25-17-3-1-15(2-4-17)13-16-14-27-19-20-22(16)34-12-9-29(20)24(32)18(21(19)30)23(31)26-5-6-28-7-10-33-11-8-28/h1-4,14,30H,5-13H2,(H,26,31). The van der Waals surface area contributed by atoms with E-state index in [0.29, 0.717) is 49.6 Å². The van der Waals surface area contributed by atoms with Crippen LogP contribution < -0.4 is 15.6 Å². The van der Waals surface area contributed by atoms with Crippen LogP contribution in [0.15, 0.2) is 35.3 Å². The molecule has 1 amide bonds. The molecular formula is C24H25FN4O5. The van der Waals surface area contributed by atoms with Crippen LogP contribution in [0.1, 0.15) is 21.5 Å². The van der Waals surface area contributed by atoms with Crippen molar-refractivity contribution in [3.05, 3.63) is 63.3 Å². The Morgan fingerprint density at radius 2 is 1.91 bits per heavy atom. The van der Waals surface area contributed by atoms with E-state index in [4.69, 9.17) is 9.47 Å². The fourth-order valence-corrected chi connectivity index (χ4v) is 4.41. The van der Waals surface area contributed by atoms with Crippen molar-refractivity contribution in [1.29, 1.82) is 0 Å². The van der Waals surface area contributed by atoms with Gasteiger partial charge in [-0.25, -0.2) is 4.39 Å². The number of morpholine rings is 1. The number of hydrogen-bond acceptors (Lipinski definition) is 7. The molecule has 178 valence electrons. The molecule has 1 fully saturated rings. The third kappa shape index (κ3) is 4.22. The molecule has 0 unspecified atom stereocenters. The minimum atomic E-state index is -0.633. The van der Waals surface area contributed by atoms with Crippen LogP contribution in [0.5, 0.6) is 11.5 Å². The van der Waals surface area contributed by atoms with E-state index in [2.05, 4.69) is 15.2 Å². The average molecular weight is 468 g/mol. The van der Waals surface area contributed by atoms with Crippen LogP contribution in [0, 0.1) is 5.82 Å². The van der Waals surface area contributed by atoms with E-state index in [1.165, 1.54) is 16.7 Å². The molecule has 0 bridgehead atoms. The minimum Gasteiger partial charge on any atom is -0.505 e. The van der Waals surface area contributed by atoms with Gasteiger partial charge in [-0.3, -0.25) is 24.0 Å². The van der Waals surface area contributed by atoms with Crippen molar-refractivity contribution in [3.8, 4) is 11.5 Å². The zero-order valence-electron chi connectivity index (χ0n) is 18.6. The van der Waals surface area contributed by atoms with Crippen LogP contribution in [0.25, 0.3) is 11.0 Å². The molecule has 0 aliphatic carbocycles. The van der Waals surface area contributed by atoms with E-state index in [0.717, 1.165) is 18.7 Å². The van der Waals surface area contributed by atoms with Gasteiger partial charge in [0.05, 0.1) is 19.8 Å². The van der Waals surface area contributed by atoms with Crippen LogP contribution in [0.2, 0.25) is 0 Å². The second-order valence-electron chi connectivity index (χ2n) is 8.35. The summed E-state index contributed by atoms with van der Waals surface area (Å²) in [5.74, 6) is -0.980. The molecule has 5 rings (SSSR count). The lowest BCUT2D eigenvalue weighted by Crippen LogP contribution is -2.42. The Balaban J connectivity index is 1.45. The van der Waals surface area contributed by atoms with Gasteiger partial charge in [0.25, 0.3) is 11.5 Å². The number of halogens is 1. The Bertz CT molecular complexity index is 1290. The lowest BCUT2D eigenvalue weighted by Gasteiger charge is -2.26.